The third kappa shape index (κ3) is 3.03. The van der Waals surface area contributed by atoms with Gasteiger partial charge in [-0.3, -0.25) is 10.1 Å². The zero-order valence-electron chi connectivity index (χ0n) is 10.3. The molecule has 0 spiro atoms. The number of nitrogens with zero attached hydrogens (tertiary/aromatic N) is 1. The monoisotopic (exact) mass is 267 g/mol. The van der Waals surface area contributed by atoms with Crippen LogP contribution >= 0.6 is 11.8 Å². The Balaban J connectivity index is 2.25. The van der Waals surface area contributed by atoms with Gasteiger partial charge in [0.15, 0.2) is 0 Å². The molecular weight excluding hydrogens is 250 g/mol. The second-order valence-electron chi connectivity index (χ2n) is 4.68. The molecule has 1 saturated carbocycles. The fourth-order valence-corrected chi connectivity index (χ4v) is 3.55. The molecule has 0 aliphatic heterocycles. The standard InChI is InChI=1S/C13H17NO3S/c1-9(15)10-6-7-13(12(8-10)14(16)17)18-11-4-2-3-5-11/h6-9,11,15H,2-5H2,1H3/t9-/m1/s1. The normalized spacial score (nSPS) is 17.9. The summed E-state index contributed by atoms with van der Waals surface area (Å²) in [5.74, 6) is 0. The van der Waals surface area contributed by atoms with Crippen LogP contribution in [0.4, 0.5) is 5.69 Å². The van der Waals surface area contributed by atoms with Crippen LogP contribution in [0.3, 0.4) is 0 Å². The lowest BCUT2D eigenvalue weighted by atomic mass is 10.1. The third-order valence-corrected chi connectivity index (χ3v) is 4.66. The topological polar surface area (TPSA) is 63.4 Å². The van der Waals surface area contributed by atoms with Gasteiger partial charge < -0.3 is 5.11 Å². The number of aliphatic hydroxyl groups is 1. The van der Waals surface area contributed by atoms with Gasteiger partial charge in [-0.15, -0.1) is 11.8 Å². The van der Waals surface area contributed by atoms with E-state index in [1.807, 2.05) is 0 Å². The highest BCUT2D eigenvalue weighted by molar-refractivity contribution is 8.00. The number of nitro groups is 1. The highest BCUT2D eigenvalue weighted by atomic mass is 32.2. The summed E-state index contributed by atoms with van der Waals surface area (Å²) in [5, 5.41) is 21.1. The van der Waals surface area contributed by atoms with E-state index in [-0.39, 0.29) is 10.6 Å². The third-order valence-electron chi connectivity index (χ3n) is 3.26. The van der Waals surface area contributed by atoms with Crippen LogP contribution in [-0.4, -0.2) is 15.3 Å². The van der Waals surface area contributed by atoms with Gasteiger partial charge >= 0.3 is 0 Å². The molecule has 0 bridgehead atoms. The van der Waals surface area contributed by atoms with Crippen molar-refractivity contribution in [1.29, 1.82) is 0 Å². The van der Waals surface area contributed by atoms with Gasteiger partial charge in [-0.2, -0.15) is 0 Å². The molecule has 1 aliphatic rings. The summed E-state index contributed by atoms with van der Waals surface area (Å²) >= 11 is 1.60. The van der Waals surface area contributed by atoms with Crippen LogP contribution in [0.5, 0.6) is 0 Å². The molecule has 1 atom stereocenters. The van der Waals surface area contributed by atoms with E-state index < -0.39 is 6.10 Å². The van der Waals surface area contributed by atoms with Crippen LogP contribution in [-0.2, 0) is 0 Å². The minimum absolute atomic E-state index is 0.116. The smallest absolute Gasteiger partial charge is 0.283 e. The molecule has 1 aliphatic carbocycles. The van der Waals surface area contributed by atoms with Crippen LogP contribution in [0, 0.1) is 10.1 Å². The molecular formula is C13H17NO3S. The molecule has 0 radical (unpaired) electrons. The number of nitro benzene ring substituents is 1. The maximum atomic E-state index is 11.1. The van der Waals surface area contributed by atoms with E-state index in [1.54, 1.807) is 30.8 Å². The Kier molecular flexibility index (Phi) is 4.24. The first-order valence-corrected chi connectivity index (χ1v) is 7.09. The Hall–Kier alpha value is -1.07. The summed E-state index contributed by atoms with van der Waals surface area (Å²) in [6.07, 6.45) is 4.04. The predicted octanol–water partition coefficient (Wildman–Crippen LogP) is 3.68. The molecule has 0 amide bonds. The zero-order valence-corrected chi connectivity index (χ0v) is 11.2. The van der Waals surface area contributed by atoms with Crippen LogP contribution in [0.1, 0.15) is 44.3 Å². The quantitative estimate of drug-likeness (QED) is 0.667. The number of rotatable bonds is 4. The van der Waals surface area contributed by atoms with Gasteiger partial charge in [0, 0.05) is 11.3 Å². The first-order valence-electron chi connectivity index (χ1n) is 6.21. The van der Waals surface area contributed by atoms with Crippen molar-refractivity contribution in [2.24, 2.45) is 0 Å². The lowest BCUT2D eigenvalue weighted by Gasteiger charge is -2.11. The van der Waals surface area contributed by atoms with Crippen LogP contribution < -0.4 is 0 Å². The average molecular weight is 267 g/mol. The number of hydrogen-bond acceptors (Lipinski definition) is 4. The molecule has 1 aromatic carbocycles. The van der Waals surface area contributed by atoms with Gasteiger partial charge in [0.05, 0.1) is 15.9 Å². The lowest BCUT2D eigenvalue weighted by Crippen LogP contribution is -1.99. The summed E-state index contributed by atoms with van der Waals surface area (Å²) in [6, 6.07) is 5.03. The summed E-state index contributed by atoms with van der Waals surface area (Å²) < 4.78 is 0. The van der Waals surface area contributed by atoms with Gasteiger partial charge in [0.1, 0.15) is 0 Å². The first-order chi connectivity index (χ1) is 8.58. The maximum absolute atomic E-state index is 11.1. The van der Waals surface area contributed by atoms with Gasteiger partial charge in [-0.05, 0) is 31.4 Å². The van der Waals surface area contributed by atoms with Gasteiger partial charge in [-0.25, -0.2) is 0 Å². The maximum Gasteiger partial charge on any atom is 0.283 e. The molecule has 1 aromatic rings. The molecule has 1 fully saturated rings. The Morgan fingerprint density at radius 2 is 2.11 bits per heavy atom. The van der Waals surface area contributed by atoms with E-state index >= 15 is 0 Å². The van der Waals surface area contributed by atoms with E-state index in [9.17, 15) is 15.2 Å². The Morgan fingerprint density at radius 3 is 2.67 bits per heavy atom. The van der Waals surface area contributed by atoms with Crippen molar-refractivity contribution in [1.82, 2.24) is 0 Å². The van der Waals surface area contributed by atoms with Crippen LogP contribution in [0.25, 0.3) is 0 Å². The number of thioether (sulfide) groups is 1. The van der Waals surface area contributed by atoms with Crippen molar-refractivity contribution in [3.8, 4) is 0 Å². The lowest BCUT2D eigenvalue weighted by molar-refractivity contribution is -0.387. The van der Waals surface area contributed by atoms with Crippen molar-refractivity contribution >= 4 is 17.4 Å². The molecule has 0 unspecified atom stereocenters. The molecule has 98 valence electrons. The van der Waals surface area contributed by atoms with Crippen LogP contribution in [0.15, 0.2) is 23.1 Å². The van der Waals surface area contributed by atoms with Gasteiger partial charge in [0.25, 0.3) is 5.69 Å². The van der Waals surface area contributed by atoms with Gasteiger partial charge in [0.2, 0.25) is 0 Å². The van der Waals surface area contributed by atoms with Crippen molar-refractivity contribution < 1.29 is 10.0 Å². The Labute approximate surface area is 111 Å². The molecule has 4 nitrogen and oxygen atoms in total. The predicted molar refractivity (Wildman–Crippen MR) is 71.8 cm³/mol. The van der Waals surface area contributed by atoms with E-state index in [1.165, 1.54) is 18.9 Å². The summed E-state index contributed by atoms with van der Waals surface area (Å²) in [6.45, 7) is 1.61. The highest BCUT2D eigenvalue weighted by Crippen LogP contribution is 2.39. The fourth-order valence-electron chi connectivity index (χ4n) is 2.22. The van der Waals surface area contributed by atoms with Crippen molar-refractivity contribution in [2.45, 2.75) is 48.9 Å². The molecule has 0 saturated heterocycles. The number of hydrogen-bond donors (Lipinski definition) is 1. The molecule has 5 heteroatoms. The summed E-state index contributed by atoms with van der Waals surface area (Å²) in [7, 11) is 0. The zero-order chi connectivity index (χ0) is 13.1. The van der Waals surface area contributed by atoms with E-state index in [0.717, 1.165) is 17.7 Å². The van der Waals surface area contributed by atoms with E-state index in [0.29, 0.717) is 10.8 Å². The Bertz CT molecular complexity index is 442. The largest absolute Gasteiger partial charge is 0.389 e. The van der Waals surface area contributed by atoms with Crippen molar-refractivity contribution in [2.75, 3.05) is 0 Å². The average Bonchev–Trinajstić information content (AvgIpc) is 2.81. The second kappa shape index (κ2) is 5.71. The molecule has 0 heterocycles. The Morgan fingerprint density at radius 1 is 1.44 bits per heavy atom. The second-order valence-corrected chi connectivity index (χ2v) is 6.03. The fraction of sp³-hybridized carbons (Fsp3) is 0.538. The first kappa shape index (κ1) is 13.4. The highest BCUT2D eigenvalue weighted by Gasteiger charge is 2.22. The molecule has 2 rings (SSSR count). The SMILES string of the molecule is C[C@@H](O)c1ccc(SC2CCCC2)c([N+](=O)[O-])c1. The van der Waals surface area contributed by atoms with E-state index in [4.69, 9.17) is 0 Å². The van der Waals surface area contributed by atoms with Crippen molar-refractivity contribution in [3.63, 3.8) is 0 Å². The van der Waals surface area contributed by atoms with Crippen LogP contribution in [0.2, 0.25) is 0 Å². The summed E-state index contributed by atoms with van der Waals surface area (Å²) in [5.41, 5.74) is 0.711. The molecule has 1 N–H and O–H groups in total. The van der Waals surface area contributed by atoms with Crippen molar-refractivity contribution in [3.05, 3.63) is 33.9 Å². The van der Waals surface area contributed by atoms with Gasteiger partial charge in [-0.1, -0.05) is 18.9 Å². The summed E-state index contributed by atoms with van der Waals surface area (Å²) in [4.78, 5) is 11.4. The number of benzene rings is 1. The molecule has 0 aromatic heterocycles. The minimum atomic E-state index is -0.672. The number of aliphatic hydroxyl groups excluding tert-OH is 1. The minimum Gasteiger partial charge on any atom is -0.389 e. The van der Waals surface area contributed by atoms with E-state index in [2.05, 4.69) is 0 Å². The molecule has 18 heavy (non-hydrogen) atoms.